The number of anilines is 1. The molecule has 0 unspecified atom stereocenters. The highest BCUT2D eigenvalue weighted by atomic mass is 16.1. The van der Waals surface area contributed by atoms with Crippen LogP contribution < -0.4 is 5.32 Å². The number of aryl methyl sites for hydroxylation is 1. The maximum absolute atomic E-state index is 12.6. The first kappa shape index (κ1) is 16.6. The topological polar surface area (TPSA) is 70.2 Å². The quantitative estimate of drug-likeness (QED) is 0.593. The van der Waals surface area contributed by atoms with Crippen LogP contribution in [0.3, 0.4) is 0 Å². The Labute approximate surface area is 156 Å². The van der Waals surface area contributed by atoms with Crippen molar-refractivity contribution in [2.24, 2.45) is 0 Å². The van der Waals surface area contributed by atoms with Crippen molar-refractivity contribution in [3.63, 3.8) is 0 Å². The maximum Gasteiger partial charge on any atom is 0.255 e. The smallest absolute Gasteiger partial charge is 0.255 e. The number of hydrogen-bond acceptors (Lipinski definition) is 3. The van der Waals surface area contributed by atoms with Crippen LogP contribution in [0.2, 0.25) is 0 Å². The lowest BCUT2D eigenvalue weighted by molar-refractivity contribution is 0.102. The zero-order chi connectivity index (χ0) is 18.8. The summed E-state index contributed by atoms with van der Waals surface area (Å²) in [6.45, 7) is 1.94. The third-order valence-electron chi connectivity index (χ3n) is 4.40. The molecule has 2 aromatic heterocycles. The average Bonchev–Trinajstić information content (AvgIpc) is 3.14. The van der Waals surface area contributed by atoms with E-state index in [0.29, 0.717) is 11.1 Å². The van der Waals surface area contributed by atoms with Gasteiger partial charge in [0.2, 0.25) is 0 Å². The van der Waals surface area contributed by atoms with E-state index in [1.165, 1.54) is 0 Å². The lowest BCUT2D eigenvalue weighted by Gasteiger charge is -2.10. The number of nitrogens with one attached hydrogen (secondary N) is 1. The van der Waals surface area contributed by atoms with Gasteiger partial charge in [-0.3, -0.25) is 4.79 Å². The first-order valence-corrected chi connectivity index (χ1v) is 8.50. The van der Waals surface area contributed by atoms with Crippen LogP contribution in [0.25, 0.3) is 16.9 Å². The SMILES string of the molecule is Cc1ccc(-c2cn3ccccc3n2)cc1NC(=O)c1cccc(C#N)c1. The summed E-state index contributed by atoms with van der Waals surface area (Å²) in [5, 5.41) is 11.9. The first-order valence-electron chi connectivity index (χ1n) is 8.50. The zero-order valence-corrected chi connectivity index (χ0v) is 14.7. The molecule has 4 rings (SSSR count). The standard InChI is InChI=1S/C22H16N4O/c1-15-8-9-17(20-14-26-10-3-2-7-21(26)24-20)12-19(15)25-22(27)18-6-4-5-16(11-18)13-23/h2-12,14H,1H3,(H,25,27). The van der Waals surface area contributed by atoms with Gasteiger partial charge in [0.1, 0.15) is 5.65 Å². The maximum atomic E-state index is 12.6. The van der Waals surface area contributed by atoms with Gasteiger partial charge in [-0.15, -0.1) is 0 Å². The lowest BCUT2D eigenvalue weighted by atomic mass is 10.1. The molecular weight excluding hydrogens is 336 g/mol. The molecule has 1 N–H and O–H groups in total. The minimum Gasteiger partial charge on any atom is -0.322 e. The van der Waals surface area contributed by atoms with Gasteiger partial charge in [-0.25, -0.2) is 4.98 Å². The number of rotatable bonds is 3. The molecule has 4 aromatic rings. The molecule has 2 aromatic carbocycles. The molecule has 0 fully saturated rings. The number of fused-ring (bicyclic) bond motifs is 1. The van der Waals surface area contributed by atoms with Crippen molar-refractivity contribution in [3.05, 3.63) is 89.7 Å². The number of aromatic nitrogens is 2. The van der Waals surface area contributed by atoms with Gasteiger partial charge in [-0.2, -0.15) is 5.26 Å². The summed E-state index contributed by atoms with van der Waals surface area (Å²) in [5.74, 6) is -0.248. The van der Waals surface area contributed by atoms with Crippen molar-refractivity contribution >= 4 is 17.2 Å². The Morgan fingerprint density at radius 3 is 2.81 bits per heavy atom. The number of carbonyl (C=O) groups excluding carboxylic acids is 1. The van der Waals surface area contributed by atoms with E-state index in [2.05, 4.69) is 16.4 Å². The zero-order valence-electron chi connectivity index (χ0n) is 14.7. The van der Waals surface area contributed by atoms with Crippen molar-refractivity contribution in [1.82, 2.24) is 9.38 Å². The van der Waals surface area contributed by atoms with E-state index in [0.717, 1.165) is 28.2 Å². The average molecular weight is 352 g/mol. The first-order chi connectivity index (χ1) is 13.1. The minimum atomic E-state index is -0.248. The summed E-state index contributed by atoms with van der Waals surface area (Å²) >= 11 is 0. The monoisotopic (exact) mass is 352 g/mol. The van der Waals surface area contributed by atoms with Crippen molar-refractivity contribution in [1.29, 1.82) is 5.26 Å². The second kappa shape index (κ2) is 6.77. The summed E-state index contributed by atoms with van der Waals surface area (Å²) in [6, 6.07) is 20.4. The molecule has 0 aliphatic rings. The molecule has 0 aliphatic heterocycles. The predicted octanol–water partition coefficient (Wildman–Crippen LogP) is 4.43. The normalized spacial score (nSPS) is 10.5. The van der Waals surface area contributed by atoms with Crippen LogP contribution in [0.15, 0.2) is 73.1 Å². The number of benzene rings is 2. The minimum absolute atomic E-state index is 0.248. The van der Waals surface area contributed by atoms with Crippen molar-refractivity contribution < 1.29 is 4.79 Å². The van der Waals surface area contributed by atoms with Crippen LogP contribution in [0.5, 0.6) is 0 Å². The third kappa shape index (κ3) is 3.29. The number of carbonyl (C=O) groups is 1. The fourth-order valence-electron chi connectivity index (χ4n) is 2.91. The van der Waals surface area contributed by atoms with Gasteiger partial charge in [0.25, 0.3) is 5.91 Å². The Balaban J connectivity index is 1.66. The van der Waals surface area contributed by atoms with E-state index in [9.17, 15) is 4.79 Å². The molecule has 0 saturated carbocycles. The van der Waals surface area contributed by atoms with Gasteiger partial charge in [0.15, 0.2) is 0 Å². The molecule has 5 heteroatoms. The Morgan fingerprint density at radius 2 is 2.00 bits per heavy atom. The van der Waals surface area contributed by atoms with Gasteiger partial charge in [0, 0.05) is 29.2 Å². The molecule has 2 heterocycles. The van der Waals surface area contributed by atoms with Gasteiger partial charge in [-0.1, -0.05) is 24.3 Å². The Kier molecular flexibility index (Phi) is 4.15. The molecule has 5 nitrogen and oxygen atoms in total. The molecule has 0 spiro atoms. The van der Waals surface area contributed by atoms with E-state index >= 15 is 0 Å². The highest BCUT2D eigenvalue weighted by Gasteiger charge is 2.11. The lowest BCUT2D eigenvalue weighted by Crippen LogP contribution is -2.13. The van der Waals surface area contributed by atoms with Gasteiger partial charge in [0.05, 0.1) is 17.3 Å². The van der Waals surface area contributed by atoms with Crippen LogP contribution in [0.4, 0.5) is 5.69 Å². The summed E-state index contributed by atoms with van der Waals surface area (Å²) in [4.78, 5) is 17.2. The number of pyridine rings is 1. The van der Waals surface area contributed by atoms with Crippen LogP contribution in [0, 0.1) is 18.3 Å². The fourth-order valence-corrected chi connectivity index (χ4v) is 2.91. The van der Waals surface area contributed by atoms with Crippen LogP contribution in [-0.2, 0) is 0 Å². The van der Waals surface area contributed by atoms with Gasteiger partial charge >= 0.3 is 0 Å². The van der Waals surface area contributed by atoms with E-state index in [1.807, 2.05) is 60.1 Å². The second-order valence-electron chi connectivity index (χ2n) is 6.27. The highest BCUT2D eigenvalue weighted by Crippen LogP contribution is 2.25. The summed E-state index contributed by atoms with van der Waals surface area (Å²) in [7, 11) is 0. The molecule has 0 bridgehead atoms. The van der Waals surface area contributed by atoms with Crippen LogP contribution in [0.1, 0.15) is 21.5 Å². The fraction of sp³-hybridized carbons (Fsp3) is 0.0455. The molecule has 130 valence electrons. The summed E-state index contributed by atoms with van der Waals surface area (Å²) in [5.41, 5.74) is 5.20. The van der Waals surface area contributed by atoms with E-state index in [1.54, 1.807) is 24.3 Å². The Bertz CT molecular complexity index is 1170. The molecule has 1 amide bonds. The van der Waals surface area contributed by atoms with E-state index in [4.69, 9.17) is 5.26 Å². The van der Waals surface area contributed by atoms with Gasteiger partial charge < -0.3 is 9.72 Å². The molecule has 0 aliphatic carbocycles. The number of amides is 1. The highest BCUT2D eigenvalue weighted by molar-refractivity contribution is 6.05. The summed E-state index contributed by atoms with van der Waals surface area (Å²) < 4.78 is 1.96. The van der Waals surface area contributed by atoms with Crippen molar-refractivity contribution in [3.8, 4) is 17.3 Å². The van der Waals surface area contributed by atoms with E-state index < -0.39 is 0 Å². The van der Waals surface area contributed by atoms with Crippen molar-refractivity contribution in [2.45, 2.75) is 6.92 Å². The molecule has 0 atom stereocenters. The largest absolute Gasteiger partial charge is 0.322 e. The molecule has 0 radical (unpaired) electrons. The Hall–Kier alpha value is -3.91. The molecular formula is C22H16N4O. The van der Waals surface area contributed by atoms with Crippen LogP contribution >= 0.6 is 0 Å². The molecule has 0 saturated heterocycles. The second-order valence-corrected chi connectivity index (χ2v) is 6.27. The van der Waals surface area contributed by atoms with Crippen molar-refractivity contribution in [2.75, 3.05) is 5.32 Å². The number of imidazole rings is 1. The van der Waals surface area contributed by atoms with E-state index in [-0.39, 0.29) is 5.91 Å². The van der Waals surface area contributed by atoms with Gasteiger partial charge in [-0.05, 0) is 48.9 Å². The predicted molar refractivity (Wildman–Crippen MR) is 104 cm³/mol. The number of hydrogen-bond donors (Lipinski definition) is 1. The summed E-state index contributed by atoms with van der Waals surface area (Å²) in [6.07, 6.45) is 3.91. The number of nitriles is 1. The third-order valence-corrected chi connectivity index (χ3v) is 4.40. The molecule has 27 heavy (non-hydrogen) atoms. The Morgan fingerprint density at radius 1 is 1.11 bits per heavy atom. The number of nitrogens with zero attached hydrogens (tertiary/aromatic N) is 3. The van der Waals surface area contributed by atoms with Crippen LogP contribution in [-0.4, -0.2) is 15.3 Å².